The molecule has 4 nitrogen and oxygen atoms in total. The van der Waals surface area contributed by atoms with Crippen LogP contribution < -0.4 is 5.32 Å². The minimum atomic E-state index is -0.542. The molecule has 142 valence electrons. The van der Waals surface area contributed by atoms with E-state index in [1.165, 1.54) is 13.2 Å². The van der Waals surface area contributed by atoms with Crippen LogP contribution in [0.2, 0.25) is 0 Å². The van der Waals surface area contributed by atoms with Gasteiger partial charge in [0.1, 0.15) is 5.82 Å². The molecule has 3 aromatic rings. The molecule has 5 heteroatoms. The van der Waals surface area contributed by atoms with Gasteiger partial charge in [0.15, 0.2) is 0 Å². The van der Waals surface area contributed by atoms with Crippen molar-refractivity contribution in [3.05, 3.63) is 89.7 Å². The van der Waals surface area contributed by atoms with Crippen LogP contribution in [-0.2, 0) is 9.53 Å². The summed E-state index contributed by atoms with van der Waals surface area (Å²) in [4.78, 5) is 24.0. The second kappa shape index (κ2) is 8.48. The molecule has 0 aliphatic rings. The Bertz CT molecular complexity index is 984. The maximum Gasteiger partial charge on any atom is 0.337 e. The number of carbonyl (C=O) groups excluding carboxylic acids is 2. The number of benzene rings is 3. The summed E-state index contributed by atoms with van der Waals surface area (Å²) < 4.78 is 19.2. The smallest absolute Gasteiger partial charge is 0.337 e. The number of anilines is 1. The fraction of sp³-hybridized carbons (Fsp3) is 0.130. The number of amides is 1. The van der Waals surface area contributed by atoms with Crippen molar-refractivity contribution in [3.8, 4) is 11.1 Å². The Kier molecular flexibility index (Phi) is 5.84. The lowest BCUT2D eigenvalue weighted by atomic mass is 9.96. The molecule has 0 bridgehead atoms. The van der Waals surface area contributed by atoms with Crippen molar-refractivity contribution in [2.75, 3.05) is 12.4 Å². The number of nitrogens with one attached hydrogen (secondary N) is 1. The van der Waals surface area contributed by atoms with Crippen molar-refractivity contribution in [2.45, 2.75) is 12.8 Å². The molecule has 0 aliphatic carbocycles. The number of esters is 1. The van der Waals surface area contributed by atoms with Crippen molar-refractivity contribution in [3.63, 3.8) is 0 Å². The Balaban J connectivity index is 1.73. The number of carbonyl (C=O) groups is 2. The van der Waals surface area contributed by atoms with Gasteiger partial charge in [-0.2, -0.15) is 0 Å². The van der Waals surface area contributed by atoms with Crippen molar-refractivity contribution in [1.29, 1.82) is 0 Å². The maximum absolute atomic E-state index is 14.6. The highest BCUT2D eigenvalue weighted by Gasteiger charge is 2.18. The van der Waals surface area contributed by atoms with Gasteiger partial charge in [0.25, 0.3) is 0 Å². The van der Waals surface area contributed by atoms with Crippen LogP contribution in [0.4, 0.5) is 10.1 Å². The fourth-order valence-corrected chi connectivity index (χ4v) is 2.86. The van der Waals surface area contributed by atoms with Crippen LogP contribution in [0.25, 0.3) is 11.1 Å². The Morgan fingerprint density at radius 2 is 1.64 bits per heavy atom. The van der Waals surface area contributed by atoms with E-state index in [4.69, 9.17) is 0 Å². The molecule has 0 saturated carbocycles. The molecular weight excluding hydrogens is 357 g/mol. The minimum absolute atomic E-state index is 0.266. The maximum atomic E-state index is 14.6. The molecule has 1 amide bonds. The van der Waals surface area contributed by atoms with Crippen LogP contribution in [-0.4, -0.2) is 19.0 Å². The molecule has 0 aliphatic heterocycles. The highest BCUT2D eigenvalue weighted by Crippen LogP contribution is 2.27. The molecule has 3 aromatic carbocycles. The lowest BCUT2D eigenvalue weighted by molar-refractivity contribution is -0.117. The summed E-state index contributed by atoms with van der Waals surface area (Å²) >= 11 is 0. The molecule has 0 heterocycles. The average Bonchev–Trinajstić information content (AvgIpc) is 2.73. The lowest BCUT2D eigenvalue weighted by Gasteiger charge is -2.14. The summed E-state index contributed by atoms with van der Waals surface area (Å²) in [6.45, 7) is 1.72. The van der Waals surface area contributed by atoms with Crippen LogP contribution >= 0.6 is 0 Å². The number of methoxy groups -OCH3 is 1. The molecule has 0 aromatic heterocycles. The summed E-state index contributed by atoms with van der Waals surface area (Å²) in [5, 5.41) is 2.78. The SMILES string of the molecule is COC(=O)c1ccc(NC(=O)C(C)c2ccc(-c3ccccc3)c(F)c2)cc1. The van der Waals surface area contributed by atoms with E-state index in [0.717, 1.165) is 5.56 Å². The third-order valence-corrected chi connectivity index (χ3v) is 4.54. The van der Waals surface area contributed by atoms with Crippen LogP contribution in [0.3, 0.4) is 0 Å². The second-order valence-electron chi connectivity index (χ2n) is 6.39. The molecule has 0 radical (unpaired) electrons. The molecule has 1 N–H and O–H groups in total. The number of hydrogen-bond donors (Lipinski definition) is 1. The Morgan fingerprint density at radius 3 is 2.25 bits per heavy atom. The Morgan fingerprint density at radius 1 is 0.964 bits per heavy atom. The molecule has 0 spiro atoms. The van der Waals surface area contributed by atoms with Crippen LogP contribution in [0.1, 0.15) is 28.8 Å². The zero-order valence-corrected chi connectivity index (χ0v) is 15.6. The summed E-state index contributed by atoms with van der Waals surface area (Å²) in [6, 6.07) is 20.5. The van der Waals surface area contributed by atoms with Gasteiger partial charge in [-0.05, 0) is 48.4 Å². The van der Waals surface area contributed by atoms with Gasteiger partial charge < -0.3 is 10.1 Å². The molecule has 1 unspecified atom stereocenters. The Hall–Kier alpha value is -3.47. The molecular formula is C23H20FNO3. The van der Waals surface area contributed by atoms with E-state index in [9.17, 15) is 14.0 Å². The molecule has 3 rings (SSSR count). The van der Waals surface area contributed by atoms with E-state index in [0.29, 0.717) is 22.4 Å². The number of rotatable bonds is 5. The monoisotopic (exact) mass is 377 g/mol. The number of halogens is 1. The van der Waals surface area contributed by atoms with Gasteiger partial charge in [-0.1, -0.05) is 42.5 Å². The zero-order valence-electron chi connectivity index (χ0n) is 15.6. The molecule has 0 fully saturated rings. The van der Waals surface area contributed by atoms with Crippen molar-refractivity contribution < 1.29 is 18.7 Å². The first-order valence-corrected chi connectivity index (χ1v) is 8.83. The van der Waals surface area contributed by atoms with Crippen LogP contribution in [0, 0.1) is 5.82 Å². The van der Waals surface area contributed by atoms with Gasteiger partial charge in [0.2, 0.25) is 5.91 Å². The normalized spacial score (nSPS) is 11.5. The quantitative estimate of drug-likeness (QED) is 0.635. The largest absolute Gasteiger partial charge is 0.465 e. The number of ether oxygens (including phenoxy) is 1. The highest BCUT2D eigenvalue weighted by molar-refractivity contribution is 5.96. The van der Waals surface area contributed by atoms with E-state index in [1.54, 1.807) is 43.3 Å². The lowest BCUT2D eigenvalue weighted by Crippen LogP contribution is -2.19. The zero-order chi connectivity index (χ0) is 20.1. The van der Waals surface area contributed by atoms with Crippen LogP contribution in [0.15, 0.2) is 72.8 Å². The third-order valence-electron chi connectivity index (χ3n) is 4.54. The van der Waals surface area contributed by atoms with Gasteiger partial charge in [-0.25, -0.2) is 9.18 Å². The average molecular weight is 377 g/mol. The van der Waals surface area contributed by atoms with Gasteiger partial charge >= 0.3 is 5.97 Å². The van der Waals surface area contributed by atoms with Crippen LogP contribution in [0.5, 0.6) is 0 Å². The minimum Gasteiger partial charge on any atom is -0.465 e. The van der Waals surface area contributed by atoms with E-state index < -0.39 is 11.9 Å². The predicted molar refractivity (Wildman–Crippen MR) is 107 cm³/mol. The van der Waals surface area contributed by atoms with Gasteiger partial charge in [-0.15, -0.1) is 0 Å². The van der Waals surface area contributed by atoms with Crippen molar-refractivity contribution >= 4 is 17.6 Å². The van der Waals surface area contributed by atoms with E-state index in [2.05, 4.69) is 10.1 Å². The first-order chi connectivity index (χ1) is 13.5. The van der Waals surface area contributed by atoms with Crippen molar-refractivity contribution in [1.82, 2.24) is 0 Å². The standard InChI is InChI=1S/C23H20FNO3/c1-15(22(26)25-19-11-8-17(9-12-19)23(27)28-2)18-10-13-20(21(24)14-18)16-6-4-3-5-7-16/h3-15H,1-2H3,(H,25,26). The van der Waals surface area contributed by atoms with E-state index in [-0.39, 0.29) is 11.7 Å². The first-order valence-electron chi connectivity index (χ1n) is 8.83. The molecule has 0 saturated heterocycles. The van der Waals surface area contributed by atoms with Crippen molar-refractivity contribution in [2.24, 2.45) is 0 Å². The summed E-state index contributed by atoms with van der Waals surface area (Å²) in [5.74, 6) is -1.62. The summed E-state index contributed by atoms with van der Waals surface area (Å²) in [6.07, 6.45) is 0. The van der Waals surface area contributed by atoms with E-state index >= 15 is 0 Å². The molecule has 28 heavy (non-hydrogen) atoms. The van der Waals surface area contributed by atoms with E-state index in [1.807, 2.05) is 30.3 Å². The van der Waals surface area contributed by atoms with Gasteiger partial charge in [0.05, 0.1) is 18.6 Å². The third kappa shape index (κ3) is 4.26. The number of hydrogen-bond acceptors (Lipinski definition) is 3. The molecule has 1 atom stereocenters. The van der Waals surface area contributed by atoms with Gasteiger partial charge in [-0.3, -0.25) is 4.79 Å². The second-order valence-corrected chi connectivity index (χ2v) is 6.39. The summed E-state index contributed by atoms with van der Waals surface area (Å²) in [7, 11) is 1.31. The predicted octanol–water partition coefficient (Wildman–Crippen LogP) is 5.02. The van der Waals surface area contributed by atoms with Gasteiger partial charge in [0, 0.05) is 11.3 Å². The topological polar surface area (TPSA) is 55.4 Å². The summed E-state index contributed by atoms with van der Waals surface area (Å²) in [5.41, 5.74) is 2.81. The highest BCUT2D eigenvalue weighted by atomic mass is 19.1. The fourth-order valence-electron chi connectivity index (χ4n) is 2.86. The first kappa shape index (κ1) is 19.3. The Labute approximate surface area is 163 Å².